The fraction of sp³-hybridized carbons (Fsp3) is 0.182. The minimum absolute atomic E-state index is 0. The van der Waals surface area contributed by atoms with E-state index in [4.69, 9.17) is 0 Å². The third-order valence-electron chi connectivity index (χ3n) is 11.4. The molecule has 10 aromatic rings. The average Bonchev–Trinajstić information content (AvgIpc) is 3.80. The first kappa shape index (κ1) is 63.3. The summed E-state index contributed by atoms with van der Waals surface area (Å²) in [6, 6.07) is 85.2. The average molecular weight is 1150 g/mol. The third kappa shape index (κ3) is 15.1. The maximum atomic E-state index is 3.38. The van der Waals surface area contributed by atoms with Crippen molar-refractivity contribution >= 4 is 44.9 Å². The van der Waals surface area contributed by atoms with Gasteiger partial charge >= 0.3 is 0 Å². The summed E-state index contributed by atoms with van der Waals surface area (Å²) in [4.78, 5) is 0. The molecular formula is C66H68BNY3-4. The van der Waals surface area contributed by atoms with E-state index in [0.717, 1.165) is 12.8 Å². The van der Waals surface area contributed by atoms with Crippen LogP contribution in [-0.2, 0) is 111 Å². The first-order valence-electron chi connectivity index (χ1n) is 25.0. The number of para-hydroxylation sites is 2. The minimum Gasteiger partial charge on any atom is -0.308 e. The van der Waals surface area contributed by atoms with Crippen LogP contribution in [0.2, 0.25) is 0 Å². The van der Waals surface area contributed by atoms with Crippen molar-refractivity contribution in [2.75, 3.05) is 0 Å². The van der Waals surface area contributed by atoms with Gasteiger partial charge in [-0.2, -0.15) is 143 Å². The molecule has 353 valence electrons. The third-order valence-corrected chi connectivity index (χ3v) is 11.4. The molecule has 1 nitrogen and oxygen atoms in total. The number of hydrogen-bond donors (Lipinski definition) is 0. The van der Waals surface area contributed by atoms with Crippen LogP contribution in [0.1, 0.15) is 91.5 Å². The predicted octanol–water partition coefficient (Wildman–Crippen LogP) is 16.1. The molecule has 2 aliphatic heterocycles. The molecule has 0 saturated heterocycles. The predicted molar refractivity (Wildman–Crippen MR) is 300 cm³/mol. The van der Waals surface area contributed by atoms with Gasteiger partial charge in [0.2, 0.25) is 0 Å². The van der Waals surface area contributed by atoms with Gasteiger partial charge in [-0.3, -0.25) is 0 Å². The van der Waals surface area contributed by atoms with Crippen LogP contribution in [0.15, 0.2) is 206 Å². The van der Waals surface area contributed by atoms with Crippen molar-refractivity contribution in [2.45, 2.75) is 82.1 Å². The van der Waals surface area contributed by atoms with Gasteiger partial charge in [0.1, 0.15) is 0 Å². The number of rotatable bonds is 3. The summed E-state index contributed by atoms with van der Waals surface area (Å²) < 4.78 is 2.57. The standard InChI is InChI=1S/C44H28BN.2C6H5.5C2H6.3Y/c1-3-13-29(14-4-1)36-19-11-21-38-39-22-12-20-37(30-15-5-2-6-16-30)44(39)46(43(36)38)35-27-33-25-31-17-7-9-23-40(31)45-41-24-10-8-18-32(41)26-34(28-35)42(33)45;2*1-2-4-6-5-3-1;5*1-2;;;/h1-6,9-24,27-28H,25-26H2;2*1-5H;5*1-2H3;;;/q-2;2*-1;;;;;;;;. The van der Waals surface area contributed by atoms with Gasteiger partial charge in [0.25, 0.3) is 0 Å². The summed E-state index contributed by atoms with van der Waals surface area (Å²) in [7, 11) is 0. The quantitative estimate of drug-likeness (QED) is 0.123. The van der Waals surface area contributed by atoms with Gasteiger partial charge in [0.05, 0.1) is 11.0 Å². The molecule has 0 saturated carbocycles. The van der Waals surface area contributed by atoms with E-state index in [9.17, 15) is 0 Å². The van der Waals surface area contributed by atoms with Gasteiger partial charge in [-0.1, -0.05) is 183 Å². The van der Waals surface area contributed by atoms with Gasteiger partial charge in [0, 0.05) is 126 Å². The molecule has 0 atom stereocenters. The Labute approximate surface area is 504 Å². The molecule has 1 aromatic heterocycles. The first-order valence-corrected chi connectivity index (χ1v) is 25.0. The van der Waals surface area contributed by atoms with Crippen molar-refractivity contribution in [2.24, 2.45) is 0 Å². The van der Waals surface area contributed by atoms with Crippen LogP contribution >= 0.6 is 0 Å². The molecule has 9 aromatic carbocycles. The first-order chi connectivity index (χ1) is 33.8. The molecular weight excluding hydrogens is 1080 g/mol. The van der Waals surface area contributed by atoms with Gasteiger partial charge < -0.3 is 4.57 Å². The van der Waals surface area contributed by atoms with Crippen molar-refractivity contribution in [3.63, 3.8) is 0 Å². The maximum Gasteiger partial charge on any atom is 0.193 e. The molecule has 3 heterocycles. The Morgan fingerprint density at radius 1 is 0.366 bits per heavy atom. The number of fused-ring (bicyclic) bond motifs is 7. The molecule has 0 N–H and O–H groups in total. The second kappa shape index (κ2) is 34.6. The Morgan fingerprint density at radius 3 is 1.07 bits per heavy atom. The van der Waals surface area contributed by atoms with Crippen LogP contribution in [0, 0.1) is 24.3 Å². The molecule has 5 heteroatoms. The second-order valence-corrected chi connectivity index (χ2v) is 14.8. The fourth-order valence-corrected chi connectivity index (χ4v) is 9.02. The molecule has 0 unspecified atom stereocenters. The summed E-state index contributed by atoms with van der Waals surface area (Å²) in [6.45, 7) is 20.2. The Morgan fingerprint density at radius 2 is 0.732 bits per heavy atom. The zero-order valence-electron chi connectivity index (χ0n) is 43.8. The van der Waals surface area contributed by atoms with Crippen LogP contribution in [-0.4, -0.2) is 11.3 Å². The number of nitrogens with zero attached hydrogens (tertiary/aromatic N) is 1. The number of benzene rings is 9. The number of aromatic nitrogens is 1. The van der Waals surface area contributed by atoms with Crippen molar-refractivity contribution in [3.8, 4) is 27.9 Å². The van der Waals surface area contributed by atoms with E-state index >= 15 is 0 Å². The van der Waals surface area contributed by atoms with E-state index in [1.165, 1.54) is 88.4 Å². The summed E-state index contributed by atoms with van der Waals surface area (Å²) in [6.07, 6.45) is 1.84. The van der Waals surface area contributed by atoms with Crippen LogP contribution < -0.4 is 16.4 Å². The van der Waals surface area contributed by atoms with Crippen LogP contribution in [0.25, 0.3) is 49.7 Å². The SMILES string of the molecule is CC.CC.CC.CC.CC.[Y].[Y].[Y].[c-]1ccc2c(c1)Cc1cc(-n3c4c(-c5ccccc5)cccc4c4cccc(-c5ccccc5)c43)cc3c1B2c1cc[c-]cc1C3.[c-]1ccccc1.[c-]1ccccc1. The van der Waals surface area contributed by atoms with Gasteiger partial charge in [0.15, 0.2) is 6.71 Å². The van der Waals surface area contributed by atoms with E-state index in [2.05, 4.69) is 174 Å². The van der Waals surface area contributed by atoms with E-state index < -0.39 is 0 Å². The molecule has 0 bridgehead atoms. The smallest absolute Gasteiger partial charge is 0.193 e. The van der Waals surface area contributed by atoms with Gasteiger partial charge in [-0.25, -0.2) is 0 Å². The van der Waals surface area contributed by atoms with E-state index in [1.54, 1.807) is 0 Å². The molecule has 12 rings (SSSR count). The van der Waals surface area contributed by atoms with Crippen molar-refractivity contribution in [3.05, 3.63) is 253 Å². The Balaban J connectivity index is 0.000000590. The zero-order chi connectivity index (χ0) is 48.7. The van der Waals surface area contributed by atoms with E-state index in [-0.39, 0.29) is 105 Å². The topological polar surface area (TPSA) is 4.93 Å². The molecule has 0 fully saturated rings. The largest absolute Gasteiger partial charge is 0.308 e. The molecule has 0 amide bonds. The normalized spacial score (nSPS) is 10.2. The molecule has 2 aliphatic rings. The summed E-state index contributed by atoms with van der Waals surface area (Å²) >= 11 is 0. The molecule has 0 aliphatic carbocycles. The van der Waals surface area contributed by atoms with E-state index in [1.807, 2.05) is 130 Å². The number of hydrogen-bond acceptors (Lipinski definition) is 0. The summed E-state index contributed by atoms with van der Waals surface area (Å²) in [5, 5.41) is 2.55. The van der Waals surface area contributed by atoms with Crippen LogP contribution in [0.3, 0.4) is 0 Å². The molecule has 71 heavy (non-hydrogen) atoms. The van der Waals surface area contributed by atoms with Crippen LogP contribution in [0.5, 0.6) is 0 Å². The van der Waals surface area contributed by atoms with Gasteiger partial charge in [-0.05, 0) is 36.1 Å². The Hall–Kier alpha value is -3.84. The Kier molecular flexibility index (Phi) is 30.8. The van der Waals surface area contributed by atoms with E-state index in [0.29, 0.717) is 0 Å². The van der Waals surface area contributed by atoms with Crippen molar-refractivity contribution in [1.29, 1.82) is 0 Å². The monoisotopic (exact) mass is 1150 g/mol. The van der Waals surface area contributed by atoms with Gasteiger partial charge in [-0.15, -0.1) is 0 Å². The second-order valence-electron chi connectivity index (χ2n) is 14.8. The summed E-state index contributed by atoms with van der Waals surface area (Å²) in [5.41, 5.74) is 18.6. The zero-order valence-corrected chi connectivity index (χ0v) is 52.3. The molecule has 0 spiro atoms. The fourth-order valence-electron chi connectivity index (χ4n) is 9.02. The van der Waals surface area contributed by atoms with Crippen LogP contribution in [0.4, 0.5) is 0 Å². The summed E-state index contributed by atoms with van der Waals surface area (Å²) in [5.74, 6) is 0. The van der Waals surface area contributed by atoms with Crippen molar-refractivity contribution in [1.82, 2.24) is 4.57 Å². The minimum atomic E-state index is 0. The Bertz CT molecular complexity index is 2750. The molecule has 3 radical (unpaired) electrons. The maximum absolute atomic E-state index is 3.38. The van der Waals surface area contributed by atoms with Crippen molar-refractivity contribution < 1.29 is 98.1 Å².